The van der Waals surface area contributed by atoms with Gasteiger partial charge in [-0.05, 0) is 18.6 Å². The van der Waals surface area contributed by atoms with Gasteiger partial charge in [0.15, 0.2) is 0 Å². The Kier molecular flexibility index (Phi) is 5.85. The van der Waals surface area contributed by atoms with E-state index in [1.54, 1.807) is 0 Å². The van der Waals surface area contributed by atoms with E-state index in [9.17, 15) is 13.6 Å². The van der Waals surface area contributed by atoms with E-state index in [1.165, 1.54) is 25.0 Å². The van der Waals surface area contributed by atoms with E-state index in [4.69, 9.17) is 10.5 Å². The highest BCUT2D eigenvalue weighted by Gasteiger charge is 2.20. The van der Waals surface area contributed by atoms with Crippen LogP contribution >= 0.6 is 0 Å². The zero-order valence-electron chi connectivity index (χ0n) is 11.1. The smallest absolute Gasteiger partial charge is 0.256 e. The Morgan fingerprint density at radius 2 is 2.00 bits per heavy atom. The van der Waals surface area contributed by atoms with Gasteiger partial charge in [0.05, 0.1) is 12.2 Å². The Labute approximate surface area is 111 Å². The lowest BCUT2D eigenvalue weighted by atomic mass is 10.1. The van der Waals surface area contributed by atoms with Crippen LogP contribution in [0.5, 0.6) is 0 Å². The van der Waals surface area contributed by atoms with E-state index in [0.29, 0.717) is 13.2 Å². The number of ether oxygens (including phenoxy) is 1. The van der Waals surface area contributed by atoms with Crippen molar-refractivity contribution in [1.29, 1.82) is 0 Å². The normalized spacial score (nSPS) is 10.6. The molecule has 1 rings (SSSR count). The van der Waals surface area contributed by atoms with Crippen LogP contribution in [-0.2, 0) is 4.74 Å². The minimum Gasteiger partial charge on any atom is -0.383 e. The number of rotatable bonds is 6. The molecule has 1 aromatic rings. The Morgan fingerprint density at radius 1 is 1.32 bits per heavy atom. The maximum absolute atomic E-state index is 13.7. The summed E-state index contributed by atoms with van der Waals surface area (Å²) in [5.41, 5.74) is 5.50. The first-order valence-electron chi connectivity index (χ1n) is 5.95. The molecular weight excluding hydrogens is 254 g/mol. The summed E-state index contributed by atoms with van der Waals surface area (Å²) < 4.78 is 31.7. The van der Waals surface area contributed by atoms with Gasteiger partial charge in [-0.15, -0.1) is 0 Å². The van der Waals surface area contributed by atoms with Gasteiger partial charge in [-0.1, -0.05) is 0 Å². The van der Waals surface area contributed by atoms with Crippen molar-refractivity contribution in [2.45, 2.75) is 6.92 Å². The fourth-order valence-electron chi connectivity index (χ4n) is 1.66. The van der Waals surface area contributed by atoms with Gasteiger partial charge in [-0.25, -0.2) is 8.78 Å². The monoisotopic (exact) mass is 272 g/mol. The molecule has 0 aliphatic rings. The molecule has 0 atom stereocenters. The molecule has 19 heavy (non-hydrogen) atoms. The second-order valence-electron chi connectivity index (χ2n) is 4.15. The van der Waals surface area contributed by atoms with Crippen molar-refractivity contribution >= 4 is 5.91 Å². The summed E-state index contributed by atoms with van der Waals surface area (Å²) in [6.45, 7) is 2.67. The average molecular weight is 272 g/mol. The van der Waals surface area contributed by atoms with Crippen LogP contribution in [0.4, 0.5) is 8.78 Å². The maximum atomic E-state index is 13.7. The first-order valence-corrected chi connectivity index (χ1v) is 5.95. The van der Waals surface area contributed by atoms with E-state index in [0.717, 1.165) is 6.07 Å². The van der Waals surface area contributed by atoms with Gasteiger partial charge >= 0.3 is 0 Å². The van der Waals surface area contributed by atoms with Crippen LogP contribution in [0.3, 0.4) is 0 Å². The standard InChI is InChI=1S/C13H18F2N2O2/c1-9-7-10(12(15)8-11(9)14)13(18)17(4-3-16)5-6-19-2/h7-8H,3-6,16H2,1-2H3. The van der Waals surface area contributed by atoms with Crippen LogP contribution in [0, 0.1) is 18.6 Å². The number of hydrogen-bond acceptors (Lipinski definition) is 3. The van der Waals surface area contributed by atoms with Crippen LogP contribution in [0.25, 0.3) is 0 Å². The molecule has 1 amide bonds. The summed E-state index contributed by atoms with van der Waals surface area (Å²) >= 11 is 0. The molecule has 0 heterocycles. The zero-order chi connectivity index (χ0) is 14.4. The van der Waals surface area contributed by atoms with Crippen LogP contribution < -0.4 is 5.73 Å². The number of amides is 1. The SMILES string of the molecule is COCCN(CCN)C(=O)c1cc(C)c(F)cc1F. The summed E-state index contributed by atoms with van der Waals surface area (Å²) in [6, 6.07) is 1.93. The molecule has 106 valence electrons. The minimum absolute atomic E-state index is 0.150. The lowest BCUT2D eigenvalue weighted by Crippen LogP contribution is -2.38. The molecule has 0 saturated heterocycles. The Bertz CT molecular complexity index is 453. The van der Waals surface area contributed by atoms with Gasteiger partial charge in [0.1, 0.15) is 11.6 Å². The Balaban J connectivity index is 2.98. The Morgan fingerprint density at radius 3 is 2.58 bits per heavy atom. The van der Waals surface area contributed by atoms with Gasteiger partial charge in [0.2, 0.25) is 0 Å². The summed E-state index contributed by atoms with van der Waals surface area (Å²) in [6.07, 6.45) is 0. The van der Waals surface area contributed by atoms with Gasteiger partial charge in [0, 0.05) is 32.8 Å². The molecule has 0 aliphatic heterocycles. The van der Waals surface area contributed by atoms with E-state index in [2.05, 4.69) is 0 Å². The number of nitrogens with two attached hydrogens (primary N) is 1. The number of aryl methyl sites for hydroxylation is 1. The molecule has 0 radical (unpaired) electrons. The third-order valence-corrected chi connectivity index (χ3v) is 2.73. The number of carbonyl (C=O) groups excluding carboxylic acids is 1. The molecule has 0 aliphatic carbocycles. The number of methoxy groups -OCH3 is 1. The van der Waals surface area contributed by atoms with E-state index in [1.807, 2.05) is 0 Å². The second-order valence-corrected chi connectivity index (χ2v) is 4.15. The van der Waals surface area contributed by atoms with Crippen LogP contribution in [-0.4, -0.2) is 44.2 Å². The van der Waals surface area contributed by atoms with Crippen LogP contribution in [0.15, 0.2) is 12.1 Å². The van der Waals surface area contributed by atoms with Crippen LogP contribution in [0.2, 0.25) is 0 Å². The van der Waals surface area contributed by atoms with Gasteiger partial charge in [0.25, 0.3) is 5.91 Å². The second kappa shape index (κ2) is 7.16. The molecule has 0 saturated carbocycles. The van der Waals surface area contributed by atoms with Gasteiger partial charge < -0.3 is 15.4 Å². The van der Waals surface area contributed by atoms with E-state index < -0.39 is 17.5 Å². The summed E-state index contributed by atoms with van der Waals surface area (Å²) in [5, 5.41) is 0. The molecule has 0 fully saturated rings. The van der Waals surface area contributed by atoms with Crippen molar-refractivity contribution in [2.75, 3.05) is 33.4 Å². The van der Waals surface area contributed by atoms with Crippen LogP contribution in [0.1, 0.15) is 15.9 Å². The zero-order valence-corrected chi connectivity index (χ0v) is 11.1. The molecular formula is C13H18F2N2O2. The van der Waals surface area contributed by atoms with Crippen molar-refractivity contribution in [3.8, 4) is 0 Å². The summed E-state index contributed by atoms with van der Waals surface area (Å²) in [4.78, 5) is 13.6. The minimum atomic E-state index is -0.868. The number of benzene rings is 1. The first-order chi connectivity index (χ1) is 9.01. The van der Waals surface area contributed by atoms with Gasteiger partial charge in [-0.3, -0.25) is 4.79 Å². The highest BCUT2D eigenvalue weighted by Crippen LogP contribution is 2.16. The van der Waals surface area contributed by atoms with Gasteiger partial charge in [-0.2, -0.15) is 0 Å². The van der Waals surface area contributed by atoms with Crippen molar-refractivity contribution < 1.29 is 18.3 Å². The third-order valence-electron chi connectivity index (χ3n) is 2.73. The third kappa shape index (κ3) is 3.97. The number of nitrogens with zero attached hydrogens (tertiary/aromatic N) is 1. The number of carbonyl (C=O) groups is 1. The fourth-order valence-corrected chi connectivity index (χ4v) is 1.66. The molecule has 0 aromatic heterocycles. The summed E-state index contributed by atoms with van der Waals surface area (Å²) in [7, 11) is 1.51. The van der Waals surface area contributed by atoms with Crippen molar-refractivity contribution in [1.82, 2.24) is 4.90 Å². The molecule has 4 nitrogen and oxygen atoms in total. The number of halogens is 2. The topological polar surface area (TPSA) is 55.6 Å². The maximum Gasteiger partial charge on any atom is 0.256 e. The van der Waals surface area contributed by atoms with Crippen molar-refractivity contribution in [2.24, 2.45) is 5.73 Å². The largest absolute Gasteiger partial charge is 0.383 e. The molecule has 0 bridgehead atoms. The van der Waals surface area contributed by atoms with E-state index >= 15 is 0 Å². The highest BCUT2D eigenvalue weighted by molar-refractivity contribution is 5.94. The Hall–Kier alpha value is -1.53. The molecule has 0 spiro atoms. The van der Waals surface area contributed by atoms with Crippen molar-refractivity contribution in [3.05, 3.63) is 34.9 Å². The fraction of sp³-hybridized carbons (Fsp3) is 0.462. The molecule has 6 heteroatoms. The predicted octanol–water partition coefficient (Wildman–Crippen LogP) is 1.32. The van der Waals surface area contributed by atoms with E-state index in [-0.39, 0.29) is 24.2 Å². The number of hydrogen-bond donors (Lipinski definition) is 1. The molecule has 0 unspecified atom stereocenters. The summed E-state index contributed by atoms with van der Waals surface area (Å²) in [5.74, 6) is -2.05. The average Bonchev–Trinajstić information content (AvgIpc) is 2.38. The highest BCUT2D eigenvalue weighted by atomic mass is 19.1. The molecule has 1 aromatic carbocycles. The molecule has 2 N–H and O–H groups in total. The van der Waals surface area contributed by atoms with Crippen molar-refractivity contribution in [3.63, 3.8) is 0 Å². The quantitative estimate of drug-likeness (QED) is 0.849. The lowest BCUT2D eigenvalue weighted by molar-refractivity contribution is 0.0696. The lowest BCUT2D eigenvalue weighted by Gasteiger charge is -2.22. The predicted molar refractivity (Wildman–Crippen MR) is 67.9 cm³/mol. The first kappa shape index (κ1) is 15.5.